The summed E-state index contributed by atoms with van der Waals surface area (Å²) in [6, 6.07) is 4.82. The Labute approximate surface area is 136 Å². The minimum atomic E-state index is -3.36. The van der Waals surface area contributed by atoms with Crippen molar-refractivity contribution < 1.29 is 17.9 Å². The highest BCUT2D eigenvalue weighted by Crippen LogP contribution is 2.38. The van der Waals surface area contributed by atoms with Gasteiger partial charge in [-0.3, -0.25) is 9.52 Å². The van der Waals surface area contributed by atoms with E-state index in [9.17, 15) is 13.2 Å². The van der Waals surface area contributed by atoms with Crippen molar-refractivity contribution in [3.8, 4) is 5.75 Å². The standard InChI is InChI=1S/C14H18N2O4S.ClH/c1-21(18,19)16-10-3-4-13-11(7-10)12(17)8-14(20-13)5-2-6-15-9-14;/h3-4,7,15-16H,2,5-6,8-9H2,1H3;1H. The van der Waals surface area contributed by atoms with Gasteiger partial charge in [0.25, 0.3) is 0 Å². The normalized spacial score (nSPS) is 24.1. The summed E-state index contributed by atoms with van der Waals surface area (Å²) in [5.74, 6) is 0.533. The van der Waals surface area contributed by atoms with Crippen molar-refractivity contribution in [1.29, 1.82) is 0 Å². The molecule has 8 heteroatoms. The minimum absolute atomic E-state index is 0. The first-order valence-electron chi connectivity index (χ1n) is 6.92. The number of ketones is 1. The van der Waals surface area contributed by atoms with E-state index in [1.54, 1.807) is 18.2 Å². The van der Waals surface area contributed by atoms with Crippen LogP contribution >= 0.6 is 12.4 Å². The second-order valence-corrected chi connectivity index (χ2v) is 7.50. The number of ether oxygens (including phenoxy) is 1. The maximum absolute atomic E-state index is 12.4. The summed E-state index contributed by atoms with van der Waals surface area (Å²) in [4.78, 5) is 12.4. The molecule has 1 atom stereocenters. The molecular formula is C14H19ClN2O4S. The summed E-state index contributed by atoms with van der Waals surface area (Å²) in [6.45, 7) is 1.62. The molecule has 2 aliphatic rings. The first-order chi connectivity index (χ1) is 9.87. The lowest BCUT2D eigenvalue weighted by atomic mass is 9.84. The van der Waals surface area contributed by atoms with E-state index in [2.05, 4.69) is 10.0 Å². The van der Waals surface area contributed by atoms with Crippen LogP contribution in [0.5, 0.6) is 5.75 Å². The predicted molar refractivity (Wildman–Crippen MR) is 86.6 cm³/mol. The average molecular weight is 347 g/mol. The lowest BCUT2D eigenvalue weighted by Gasteiger charge is -2.40. The minimum Gasteiger partial charge on any atom is -0.485 e. The van der Waals surface area contributed by atoms with Gasteiger partial charge in [0.05, 0.1) is 18.2 Å². The Morgan fingerprint density at radius 2 is 2.14 bits per heavy atom. The van der Waals surface area contributed by atoms with Gasteiger partial charge in [0.2, 0.25) is 10.0 Å². The Bertz CT molecular complexity index is 684. The zero-order valence-electron chi connectivity index (χ0n) is 12.2. The van der Waals surface area contributed by atoms with E-state index in [1.165, 1.54) is 0 Å². The highest BCUT2D eigenvalue weighted by atomic mass is 35.5. The molecule has 0 radical (unpaired) electrons. The summed E-state index contributed by atoms with van der Waals surface area (Å²) in [5, 5.41) is 3.27. The van der Waals surface area contributed by atoms with Gasteiger partial charge in [0.15, 0.2) is 5.78 Å². The Morgan fingerprint density at radius 3 is 2.77 bits per heavy atom. The molecule has 1 saturated heterocycles. The van der Waals surface area contributed by atoms with Crippen LogP contribution in [0.2, 0.25) is 0 Å². The molecule has 1 fully saturated rings. The quantitative estimate of drug-likeness (QED) is 0.849. The topological polar surface area (TPSA) is 84.5 Å². The Kier molecular flexibility index (Phi) is 4.70. The van der Waals surface area contributed by atoms with E-state index in [0.717, 1.165) is 25.6 Å². The molecule has 3 rings (SSSR count). The number of Topliss-reactive ketones (excluding diaryl/α,β-unsaturated/α-hetero) is 1. The number of hydrogen-bond acceptors (Lipinski definition) is 5. The molecule has 1 aromatic rings. The van der Waals surface area contributed by atoms with Crippen LogP contribution < -0.4 is 14.8 Å². The van der Waals surface area contributed by atoms with Gasteiger partial charge in [-0.1, -0.05) is 0 Å². The second-order valence-electron chi connectivity index (χ2n) is 5.75. The van der Waals surface area contributed by atoms with Gasteiger partial charge in [-0.05, 0) is 37.6 Å². The van der Waals surface area contributed by atoms with Crippen molar-refractivity contribution in [2.24, 2.45) is 0 Å². The fourth-order valence-corrected chi connectivity index (χ4v) is 3.50. The molecular weight excluding hydrogens is 328 g/mol. The Hall–Kier alpha value is -1.31. The third kappa shape index (κ3) is 3.53. The average Bonchev–Trinajstić information content (AvgIpc) is 2.39. The number of halogens is 1. The molecule has 2 aliphatic heterocycles. The van der Waals surface area contributed by atoms with E-state index in [-0.39, 0.29) is 18.2 Å². The zero-order chi connectivity index (χ0) is 15.1. The van der Waals surface area contributed by atoms with Crippen LogP contribution in [-0.4, -0.2) is 39.1 Å². The summed E-state index contributed by atoms with van der Waals surface area (Å²) in [6.07, 6.45) is 3.24. The van der Waals surface area contributed by atoms with Crippen LogP contribution in [0.15, 0.2) is 18.2 Å². The van der Waals surface area contributed by atoms with Crippen LogP contribution in [0.1, 0.15) is 29.6 Å². The number of carbonyl (C=O) groups excluding carboxylic acids is 1. The lowest BCUT2D eigenvalue weighted by molar-refractivity contribution is 0.0234. The number of carbonyl (C=O) groups is 1. The summed E-state index contributed by atoms with van der Waals surface area (Å²) >= 11 is 0. The molecule has 6 nitrogen and oxygen atoms in total. The summed E-state index contributed by atoms with van der Waals surface area (Å²) < 4.78 is 30.9. The highest BCUT2D eigenvalue weighted by Gasteiger charge is 2.41. The maximum atomic E-state index is 12.4. The van der Waals surface area contributed by atoms with Gasteiger partial charge in [0.1, 0.15) is 11.4 Å². The molecule has 22 heavy (non-hydrogen) atoms. The van der Waals surface area contributed by atoms with Crippen molar-refractivity contribution in [2.75, 3.05) is 24.1 Å². The molecule has 2 heterocycles. The number of hydrogen-bond donors (Lipinski definition) is 2. The SMILES string of the molecule is CS(=O)(=O)Nc1ccc2c(c1)C(=O)CC1(CCCNC1)O2.Cl. The van der Waals surface area contributed by atoms with E-state index in [0.29, 0.717) is 30.0 Å². The van der Waals surface area contributed by atoms with Crippen LogP contribution in [-0.2, 0) is 10.0 Å². The van der Waals surface area contributed by atoms with Gasteiger partial charge in [-0.15, -0.1) is 12.4 Å². The summed E-state index contributed by atoms with van der Waals surface area (Å²) in [5.41, 5.74) is 0.374. The molecule has 1 aromatic carbocycles. The number of sulfonamides is 1. The predicted octanol–water partition coefficient (Wildman–Crippen LogP) is 1.57. The molecule has 2 N–H and O–H groups in total. The van der Waals surface area contributed by atoms with Crippen molar-refractivity contribution >= 4 is 33.9 Å². The van der Waals surface area contributed by atoms with E-state index in [1.807, 2.05) is 0 Å². The van der Waals surface area contributed by atoms with Gasteiger partial charge < -0.3 is 10.1 Å². The maximum Gasteiger partial charge on any atom is 0.229 e. The lowest BCUT2D eigenvalue weighted by Crippen LogP contribution is -2.53. The molecule has 1 unspecified atom stereocenters. The van der Waals surface area contributed by atoms with Crippen molar-refractivity contribution in [1.82, 2.24) is 5.32 Å². The summed E-state index contributed by atoms with van der Waals surface area (Å²) in [7, 11) is -3.36. The van der Waals surface area contributed by atoms with Crippen LogP contribution in [0.4, 0.5) is 5.69 Å². The second kappa shape index (κ2) is 6.06. The number of benzene rings is 1. The van der Waals surface area contributed by atoms with E-state index in [4.69, 9.17) is 4.74 Å². The number of rotatable bonds is 2. The molecule has 0 aromatic heterocycles. The zero-order valence-corrected chi connectivity index (χ0v) is 13.9. The third-order valence-electron chi connectivity index (χ3n) is 3.83. The van der Waals surface area contributed by atoms with Gasteiger partial charge in [0, 0.05) is 12.2 Å². The molecule has 0 saturated carbocycles. The Balaban J connectivity index is 0.00000176. The fourth-order valence-electron chi connectivity index (χ4n) is 2.95. The smallest absolute Gasteiger partial charge is 0.229 e. The Morgan fingerprint density at radius 1 is 1.36 bits per heavy atom. The van der Waals surface area contributed by atoms with Crippen molar-refractivity contribution in [2.45, 2.75) is 24.9 Å². The van der Waals surface area contributed by atoms with Crippen molar-refractivity contribution in [3.63, 3.8) is 0 Å². The molecule has 0 aliphatic carbocycles. The van der Waals surface area contributed by atoms with Crippen LogP contribution in [0, 0.1) is 0 Å². The van der Waals surface area contributed by atoms with Gasteiger partial charge >= 0.3 is 0 Å². The molecule has 122 valence electrons. The monoisotopic (exact) mass is 346 g/mol. The van der Waals surface area contributed by atoms with Crippen LogP contribution in [0.25, 0.3) is 0 Å². The van der Waals surface area contributed by atoms with Crippen molar-refractivity contribution in [3.05, 3.63) is 23.8 Å². The first kappa shape index (κ1) is 17.1. The fraction of sp³-hybridized carbons (Fsp3) is 0.500. The first-order valence-corrected chi connectivity index (χ1v) is 8.81. The van der Waals surface area contributed by atoms with Gasteiger partial charge in [-0.2, -0.15) is 0 Å². The van der Waals surface area contributed by atoms with Gasteiger partial charge in [-0.25, -0.2) is 8.42 Å². The van der Waals surface area contributed by atoms with Crippen LogP contribution in [0.3, 0.4) is 0 Å². The number of nitrogens with one attached hydrogen (secondary N) is 2. The number of fused-ring (bicyclic) bond motifs is 1. The third-order valence-corrected chi connectivity index (χ3v) is 4.43. The highest BCUT2D eigenvalue weighted by molar-refractivity contribution is 7.92. The van der Waals surface area contributed by atoms with E-state index < -0.39 is 15.6 Å². The van der Waals surface area contributed by atoms with E-state index >= 15 is 0 Å². The largest absolute Gasteiger partial charge is 0.485 e. The molecule has 0 amide bonds. The molecule has 1 spiro atoms. The molecule has 0 bridgehead atoms. The number of anilines is 1. The number of piperidine rings is 1.